The summed E-state index contributed by atoms with van der Waals surface area (Å²) >= 11 is 0. The first-order valence-corrected chi connectivity index (χ1v) is 6.63. The number of ether oxygens (including phenoxy) is 2. The fraction of sp³-hybridized carbons (Fsp3) is 0.615. The van der Waals surface area contributed by atoms with E-state index in [4.69, 9.17) is 9.47 Å². The lowest BCUT2D eigenvalue weighted by atomic mass is 10.2. The highest BCUT2D eigenvalue weighted by atomic mass is 16.6. The third-order valence-electron chi connectivity index (χ3n) is 2.28. The molecule has 1 aromatic rings. The molecule has 1 heterocycles. The third kappa shape index (κ3) is 5.83. The Kier molecular flexibility index (Phi) is 6.72. The second-order valence-corrected chi connectivity index (χ2v) is 4.65. The second kappa shape index (κ2) is 8.31. The normalized spacial score (nSPS) is 10.6. The van der Waals surface area contributed by atoms with E-state index in [9.17, 15) is 10.1 Å². The number of anilines is 1. The lowest BCUT2D eigenvalue weighted by molar-refractivity contribution is -0.384. The van der Waals surface area contributed by atoms with E-state index in [0.717, 1.165) is 0 Å². The lowest BCUT2D eigenvalue weighted by Crippen LogP contribution is -2.11. The molecule has 7 heteroatoms. The van der Waals surface area contributed by atoms with E-state index < -0.39 is 4.92 Å². The zero-order valence-electron chi connectivity index (χ0n) is 12.1. The summed E-state index contributed by atoms with van der Waals surface area (Å²) < 4.78 is 10.8. The molecule has 0 saturated heterocycles. The summed E-state index contributed by atoms with van der Waals surface area (Å²) in [6, 6.07) is 2.69. The van der Waals surface area contributed by atoms with E-state index in [1.165, 1.54) is 12.1 Å². The zero-order chi connectivity index (χ0) is 15.0. The first kappa shape index (κ1) is 16.2. The molecule has 7 nitrogen and oxygen atoms in total. The van der Waals surface area contributed by atoms with Crippen molar-refractivity contribution in [2.45, 2.75) is 20.8 Å². The number of nitro groups is 1. The van der Waals surface area contributed by atoms with Gasteiger partial charge in [0.05, 0.1) is 23.7 Å². The van der Waals surface area contributed by atoms with Gasteiger partial charge in [-0.05, 0) is 12.8 Å². The van der Waals surface area contributed by atoms with E-state index in [2.05, 4.69) is 24.1 Å². The van der Waals surface area contributed by atoms with E-state index >= 15 is 0 Å². The minimum Gasteiger partial charge on any atom is -0.475 e. The van der Waals surface area contributed by atoms with Gasteiger partial charge in [0, 0.05) is 13.2 Å². The predicted octanol–water partition coefficient (Wildman–Crippen LogP) is 2.47. The number of pyridine rings is 1. The Balaban J connectivity index is 2.57. The number of nitrogens with one attached hydrogen (secondary N) is 1. The van der Waals surface area contributed by atoms with Crippen LogP contribution in [-0.4, -0.2) is 36.3 Å². The van der Waals surface area contributed by atoms with E-state index in [-0.39, 0.29) is 11.6 Å². The van der Waals surface area contributed by atoms with Crippen LogP contribution in [0.1, 0.15) is 20.8 Å². The fourth-order valence-corrected chi connectivity index (χ4v) is 1.47. The molecule has 112 valence electrons. The summed E-state index contributed by atoms with van der Waals surface area (Å²) in [5, 5.41) is 13.8. The molecule has 0 aromatic carbocycles. The summed E-state index contributed by atoms with van der Waals surface area (Å²) in [6.07, 6.45) is 0. The first-order valence-electron chi connectivity index (χ1n) is 6.63. The third-order valence-corrected chi connectivity index (χ3v) is 2.28. The average Bonchev–Trinajstić information content (AvgIpc) is 2.38. The van der Waals surface area contributed by atoms with Crippen LogP contribution in [0.15, 0.2) is 12.1 Å². The van der Waals surface area contributed by atoms with Crippen LogP contribution in [0.4, 0.5) is 11.5 Å². The largest absolute Gasteiger partial charge is 0.475 e. The number of hydrogen-bond donors (Lipinski definition) is 1. The average molecular weight is 283 g/mol. The molecule has 0 aliphatic carbocycles. The summed E-state index contributed by atoms with van der Waals surface area (Å²) in [5.74, 6) is 1.12. The molecule has 0 radical (unpaired) electrons. The molecular weight excluding hydrogens is 262 g/mol. The molecule has 0 spiro atoms. The number of nitrogens with zero attached hydrogens (tertiary/aromatic N) is 2. The lowest BCUT2D eigenvalue weighted by Gasteiger charge is -2.09. The van der Waals surface area contributed by atoms with Crippen LogP contribution >= 0.6 is 0 Å². The summed E-state index contributed by atoms with van der Waals surface area (Å²) in [4.78, 5) is 14.5. The van der Waals surface area contributed by atoms with Crippen LogP contribution in [0, 0.1) is 16.0 Å². The topological polar surface area (TPSA) is 86.5 Å². The van der Waals surface area contributed by atoms with Crippen molar-refractivity contribution in [3.05, 3.63) is 22.2 Å². The van der Waals surface area contributed by atoms with Gasteiger partial charge in [0.2, 0.25) is 5.88 Å². The molecule has 0 atom stereocenters. The van der Waals surface area contributed by atoms with Gasteiger partial charge in [0.1, 0.15) is 12.4 Å². The number of aromatic nitrogens is 1. The van der Waals surface area contributed by atoms with Gasteiger partial charge in [0.25, 0.3) is 5.69 Å². The van der Waals surface area contributed by atoms with Crippen molar-refractivity contribution in [1.29, 1.82) is 0 Å². The minimum atomic E-state index is -0.468. The Hall–Kier alpha value is -1.89. The van der Waals surface area contributed by atoms with Crippen molar-refractivity contribution >= 4 is 11.5 Å². The number of hydrogen-bond acceptors (Lipinski definition) is 6. The van der Waals surface area contributed by atoms with Crippen molar-refractivity contribution in [1.82, 2.24) is 4.98 Å². The molecule has 0 unspecified atom stereocenters. The quantitative estimate of drug-likeness (QED) is 0.425. The maximum absolute atomic E-state index is 10.8. The van der Waals surface area contributed by atoms with Gasteiger partial charge in [0.15, 0.2) is 0 Å². The molecule has 1 aromatic heterocycles. The molecule has 1 N–H and O–H groups in total. The minimum absolute atomic E-state index is 0.0472. The maximum Gasteiger partial charge on any atom is 0.278 e. The zero-order valence-corrected chi connectivity index (χ0v) is 12.1. The van der Waals surface area contributed by atoms with Gasteiger partial charge in [-0.1, -0.05) is 13.8 Å². The second-order valence-electron chi connectivity index (χ2n) is 4.65. The Labute approximate surface area is 118 Å². The Bertz CT molecular complexity index is 438. The molecule has 0 fully saturated rings. The van der Waals surface area contributed by atoms with Crippen molar-refractivity contribution in [3.8, 4) is 5.88 Å². The monoisotopic (exact) mass is 283 g/mol. The van der Waals surface area contributed by atoms with Crippen LogP contribution in [0.25, 0.3) is 0 Å². The Morgan fingerprint density at radius 2 is 2.15 bits per heavy atom. The Morgan fingerprint density at radius 1 is 1.40 bits per heavy atom. The maximum atomic E-state index is 10.8. The molecule has 20 heavy (non-hydrogen) atoms. The highest BCUT2D eigenvalue weighted by Gasteiger charge is 2.11. The van der Waals surface area contributed by atoms with Crippen molar-refractivity contribution in [2.24, 2.45) is 5.92 Å². The van der Waals surface area contributed by atoms with Crippen molar-refractivity contribution in [2.75, 3.05) is 31.7 Å². The van der Waals surface area contributed by atoms with Crippen molar-refractivity contribution < 1.29 is 14.4 Å². The molecule has 0 aliphatic heterocycles. The van der Waals surface area contributed by atoms with Gasteiger partial charge in [-0.2, -0.15) is 4.98 Å². The fourth-order valence-electron chi connectivity index (χ4n) is 1.47. The van der Waals surface area contributed by atoms with Crippen LogP contribution < -0.4 is 10.1 Å². The van der Waals surface area contributed by atoms with Gasteiger partial charge in [-0.25, -0.2) is 0 Å². The molecule has 0 saturated carbocycles. The van der Waals surface area contributed by atoms with Crippen LogP contribution in [-0.2, 0) is 4.74 Å². The van der Waals surface area contributed by atoms with E-state index in [0.29, 0.717) is 38.1 Å². The predicted molar refractivity (Wildman–Crippen MR) is 76.2 cm³/mol. The Morgan fingerprint density at radius 3 is 2.75 bits per heavy atom. The SMILES string of the molecule is CCNc1cc([N+](=O)[O-])cc(OCCOCC(C)C)n1. The van der Waals surface area contributed by atoms with E-state index in [1.807, 2.05) is 6.92 Å². The van der Waals surface area contributed by atoms with Crippen LogP contribution in [0.5, 0.6) is 5.88 Å². The van der Waals surface area contributed by atoms with Gasteiger partial charge in [-0.15, -0.1) is 0 Å². The van der Waals surface area contributed by atoms with Gasteiger partial charge >= 0.3 is 0 Å². The first-order chi connectivity index (χ1) is 9.52. The highest BCUT2D eigenvalue weighted by molar-refractivity contribution is 5.48. The van der Waals surface area contributed by atoms with E-state index in [1.54, 1.807) is 0 Å². The molecule has 1 rings (SSSR count). The summed E-state index contributed by atoms with van der Waals surface area (Å²) in [6.45, 7) is 8.04. The van der Waals surface area contributed by atoms with Crippen molar-refractivity contribution in [3.63, 3.8) is 0 Å². The number of rotatable bonds is 9. The molecule has 0 aliphatic rings. The van der Waals surface area contributed by atoms with Crippen LogP contribution in [0.3, 0.4) is 0 Å². The summed E-state index contributed by atoms with van der Waals surface area (Å²) in [7, 11) is 0. The molecule has 0 bridgehead atoms. The smallest absolute Gasteiger partial charge is 0.278 e. The van der Waals surface area contributed by atoms with Gasteiger partial charge in [-0.3, -0.25) is 10.1 Å². The highest BCUT2D eigenvalue weighted by Crippen LogP contribution is 2.21. The van der Waals surface area contributed by atoms with Crippen LogP contribution in [0.2, 0.25) is 0 Å². The standard InChI is InChI=1S/C13H21N3O4/c1-4-14-12-7-11(16(17)18)8-13(15-12)20-6-5-19-9-10(2)3/h7-8,10H,4-6,9H2,1-3H3,(H,14,15). The van der Waals surface area contributed by atoms with Gasteiger partial charge < -0.3 is 14.8 Å². The summed E-state index contributed by atoms with van der Waals surface area (Å²) in [5.41, 5.74) is -0.0472. The molecule has 0 amide bonds. The molecular formula is C13H21N3O4.